The molecule has 0 heterocycles. The van der Waals surface area contributed by atoms with Crippen molar-refractivity contribution in [3.8, 4) is 0 Å². The van der Waals surface area contributed by atoms with Crippen LogP contribution in [-0.2, 0) is 4.74 Å². The maximum absolute atomic E-state index is 13.0. The lowest BCUT2D eigenvalue weighted by molar-refractivity contribution is 0.0529. The van der Waals surface area contributed by atoms with Crippen LogP contribution in [0.2, 0.25) is 5.02 Å². The zero-order valence-corrected chi connectivity index (χ0v) is 12.6. The van der Waals surface area contributed by atoms with E-state index in [2.05, 4.69) is 5.32 Å². The molecule has 0 saturated heterocycles. The Balaban J connectivity index is 2.36. The van der Waals surface area contributed by atoms with Crippen LogP contribution in [0.3, 0.4) is 0 Å². The van der Waals surface area contributed by atoms with Crippen LogP contribution in [0.5, 0.6) is 0 Å². The molecule has 3 nitrogen and oxygen atoms in total. The molecular formula is C15H19ClFNO2. The Labute approximate surface area is 123 Å². The van der Waals surface area contributed by atoms with Crippen LogP contribution in [0, 0.1) is 5.82 Å². The van der Waals surface area contributed by atoms with Gasteiger partial charge < -0.3 is 10.1 Å². The first kappa shape index (κ1) is 16.5. The van der Waals surface area contributed by atoms with E-state index in [0.717, 1.165) is 0 Å². The highest BCUT2D eigenvalue weighted by molar-refractivity contribution is 6.32. The summed E-state index contributed by atoms with van der Waals surface area (Å²) in [7, 11) is 0. The molecule has 1 aromatic rings. The summed E-state index contributed by atoms with van der Waals surface area (Å²) in [5, 5.41) is 3.12. The molecule has 0 atom stereocenters. The van der Waals surface area contributed by atoms with E-state index < -0.39 is 11.7 Å². The van der Waals surface area contributed by atoms with E-state index in [1.807, 2.05) is 6.08 Å². The van der Waals surface area contributed by atoms with Gasteiger partial charge in [0, 0.05) is 11.6 Å². The minimum Gasteiger partial charge on any atom is -0.444 e. The summed E-state index contributed by atoms with van der Waals surface area (Å²) in [5.74, 6) is -0.332. The lowest BCUT2D eigenvalue weighted by atomic mass is 10.2. The van der Waals surface area contributed by atoms with E-state index in [-0.39, 0.29) is 5.82 Å². The van der Waals surface area contributed by atoms with Crippen molar-refractivity contribution in [2.75, 3.05) is 6.54 Å². The van der Waals surface area contributed by atoms with Crippen LogP contribution in [-0.4, -0.2) is 18.2 Å². The third kappa shape index (κ3) is 6.57. The number of hydrogen-bond donors (Lipinski definition) is 1. The number of amides is 1. The number of hydrogen-bond acceptors (Lipinski definition) is 2. The number of ether oxygens (including phenoxy) is 1. The van der Waals surface area contributed by atoms with Crippen LogP contribution in [0.15, 0.2) is 24.3 Å². The first-order chi connectivity index (χ1) is 9.28. The van der Waals surface area contributed by atoms with Gasteiger partial charge in [-0.2, -0.15) is 0 Å². The third-order valence-corrected chi connectivity index (χ3v) is 2.58. The Bertz CT molecular complexity index is 495. The van der Waals surface area contributed by atoms with Gasteiger partial charge in [0.05, 0.1) is 0 Å². The van der Waals surface area contributed by atoms with Crippen molar-refractivity contribution in [2.24, 2.45) is 0 Å². The lowest BCUT2D eigenvalue weighted by Gasteiger charge is -2.19. The molecule has 0 fully saturated rings. The maximum Gasteiger partial charge on any atom is 0.407 e. The van der Waals surface area contributed by atoms with E-state index in [4.69, 9.17) is 16.3 Å². The number of nitrogens with one attached hydrogen (secondary N) is 1. The summed E-state index contributed by atoms with van der Waals surface area (Å²) < 4.78 is 18.1. The fraction of sp³-hybridized carbons (Fsp3) is 0.400. The normalized spacial score (nSPS) is 11.7. The Morgan fingerprint density at radius 2 is 2.15 bits per heavy atom. The van der Waals surface area contributed by atoms with Crippen LogP contribution >= 0.6 is 11.6 Å². The van der Waals surface area contributed by atoms with Crippen molar-refractivity contribution in [3.63, 3.8) is 0 Å². The van der Waals surface area contributed by atoms with Gasteiger partial charge in [-0.3, -0.25) is 0 Å². The van der Waals surface area contributed by atoms with Crippen LogP contribution < -0.4 is 5.32 Å². The molecular weight excluding hydrogens is 281 g/mol. The SMILES string of the molecule is CC(C)(C)OC(=O)NCCC=Cc1cc(F)ccc1Cl. The van der Waals surface area contributed by atoms with Gasteiger partial charge in [0.15, 0.2) is 0 Å². The van der Waals surface area contributed by atoms with E-state index in [1.54, 1.807) is 26.8 Å². The largest absolute Gasteiger partial charge is 0.444 e. The van der Waals surface area contributed by atoms with E-state index in [1.165, 1.54) is 18.2 Å². The van der Waals surface area contributed by atoms with Crippen molar-refractivity contribution >= 4 is 23.8 Å². The van der Waals surface area contributed by atoms with E-state index >= 15 is 0 Å². The molecule has 110 valence electrons. The molecule has 0 saturated carbocycles. The summed E-state index contributed by atoms with van der Waals surface area (Å²) in [6.07, 6.45) is 3.70. The van der Waals surface area contributed by atoms with E-state index in [9.17, 15) is 9.18 Å². The second-order valence-corrected chi connectivity index (χ2v) is 5.69. The van der Waals surface area contributed by atoms with Gasteiger partial charge in [0.1, 0.15) is 11.4 Å². The molecule has 0 radical (unpaired) electrons. The Hall–Kier alpha value is -1.55. The van der Waals surface area contributed by atoms with Crippen molar-refractivity contribution in [1.82, 2.24) is 5.32 Å². The predicted octanol–water partition coefficient (Wildman–Crippen LogP) is 4.41. The van der Waals surface area contributed by atoms with Crippen LogP contribution in [0.4, 0.5) is 9.18 Å². The van der Waals surface area contributed by atoms with E-state index in [0.29, 0.717) is 23.6 Å². The summed E-state index contributed by atoms with van der Waals surface area (Å²) >= 11 is 5.92. The quantitative estimate of drug-likeness (QED) is 0.836. The average Bonchev–Trinajstić information content (AvgIpc) is 2.30. The van der Waals surface area contributed by atoms with Crippen LogP contribution in [0.1, 0.15) is 32.8 Å². The highest BCUT2D eigenvalue weighted by atomic mass is 35.5. The fourth-order valence-corrected chi connectivity index (χ4v) is 1.60. The molecule has 1 rings (SSSR count). The number of rotatable bonds is 4. The highest BCUT2D eigenvalue weighted by Crippen LogP contribution is 2.18. The first-order valence-electron chi connectivity index (χ1n) is 6.36. The minimum absolute atomic E-state index is 0.332. The number of benzene rings is 1. The summed E-state index contributed by atoms with van der Waals surface area (Å²) in [5.41, 5.74) is 0.110. The van der Waals surface area contributed by atoms with Gasteiger partial charge >= 0.3 is 6.09 Å². The number of carbonyl (C=O) groups excluding carboxylic acids is 1. The third-order valence-electron chi connectivity index (χ3n) is 2.23. The molecule has 0 aliphatic rings. The predicted molar refractivity (Wildman–Crippen MR) is 79.3 cm³/mol. The minimum atomic E-state index is -0.505. The molecule has 5 heteroatoms. The molecule has 0 unspecified atom stereocenters. The van der Waals surface area contributed by atoms with Crippen molar-refractivity contribution < 1.29 is 13.9 Å². The molecule has 0 aromatic heterocycles. The second-order valence-electron chi connectivity index (χ2n) is 5.29. The highest BCUT2D eigenvalue weighted by Gasteiger charge is 2.15. The summed E-state index contributed by atoms with van der Waals surface area (Å²) in [6, 6.07) is 4.18. The molecule has 1 aromatic carbocycles. The van der Waals surface area contributed by atoms with Gasteiger partial charge in [-0.05, 0) is 51.0 Å². The number of alkyl carbamates (subject to hydrolysis) is 1. The molecule has 1 N–H and O–H groups in total. The van der Waals surface area contributed by atoms with Gasteiger partial charge in [-0.15, -0.1) is 0 Å². The molecule has 0 aliphatic carbocycles. The fourth-order valence-electron chi connectivity index (χ4n) is 1.42. The Morgan fingerprint density at radius 1 is 1.45 bits per heavy atom. The average molecular weight is 300 g/mol. The van der Waals surface area contributed by atoms with Crippen molar-refractivity contribution in [3.05, 3.63) is 40.7 Å². The lowest BCUT2D eigenvalue weighted by Crippen LogP contribution is -2.32. The topological polar surface area (TPSA) is 38.3 Å². The molecule has 0 spiro atoms. The number of carbonyl (C=O) groups is 1. The Kier molecular flexibility index (Phi) is 6.02. The first-order valence-corrected chi connectivity index (χ1v) is 6.74. The standard InChI is InChI=1S/C15H19ClFNO2/c1-15(2,3)20-14(19)18-9-5-4-6-11-10-12(17)7-8-13(11)16/h4,6-8,10H,5,9H2,1-3H3,(H,18,19). The van der Waals surface area contributed by atoms with Gasteiger partial charge in [-0.25, -0.2) is 9.18 Å². The van der Waals surface area contributed by atoms with Crippen molar-refractivity contribution in [2.45, 2.75) is 32.8 Å². The molecule has 20 heavy (non-hydrogen) atoms. The number of halogens is 2. The second kappa shape index (κ2) is 7.29. The zero-order valence-electron chi connectivity index (χ0n) is 11.9. The summed E-state index contributed by atoms with van der Waals surface area (Å²) in [6.45, 7) is 5.85. The molecule has 0 bridgehead atoms. The van der Waals surface area contributed by atoms with Gasteiger partial charge in [0.25, 0.3) is 0 Å². The molecule has 1 amide bonds. The van der Waals surface area contributed by atoms with Gasteiger partial charge in [-0.1, -0.05) is 23.8 Å². The zero-order chi connectivity index (χ0) is 15.2. The summed E-state index contributed by atoms with van der Waals surface area (Å²) in [4.78, 5) is 11.4. The van der Waals surface area contributed by atoms with Crippen LogP contribution in [0.25, 0.3) is 6.08 Å². The molecule has 0 aliphatic heterocycles. The monoisotopic (exact) mass is 299 g/mol. The van der Waals surface area contributed by atoms with Crippen molar-refractivity contribution in [1.29, 1.82) is 0 Å². The van der Waals surface area contributed by atoms with Gasteiger partial charge in [0.2, 0.25) is 0 Å². The Morgan fingerprint density at radius 3 is 2.80 bits per heavy atom. The smallest absolute Gasteiger partial charge is 0.407 e. The maximum atomic E-state index is 13.0.